The molecule has 94 valence electrons. The number of carbonyl (C=O) groups is 1. The lowest BCUT2D eigenvalue weighted by atomic mass is 10.3. The van der Waals surface area contributed by atoms with E-state index in [1.807, 2.05) is 6.07 Å². The Balaban J connectivity index is 2.69. The minimum atomic E-state index is -0.266. The second-order valence-electron chi connectivity index (χ2n) is 3.72. The molecule has 0 aromatic carbocycles. The Morgan fingerprint density at radius 3 is 2.89 bits per heavy atom. The van der Waals surface area contributed by atoms with Gasteiger partial charge in [0.2, 0.25) is 5.91 Å². The molecule has 1 aromatic rings. The average Bonchev–Trinajstić information content (AvgIpc) is 2.70. The molecule has 1 aromatic heterocycles. The van der Waals surface area contributed by atoms with Gasteiger partial charge in [0.05, 0.1) is 12.9 Å². The first-order valence-corrected chi connectivity index (χ1v) is 5.26. The van der Waals surface area contributed by atoms with Crippen molar-refractivity contribution in [1.29, 1.82) is 10.5 Å². The molecule has 0 aliphatic carbocycles. The molecule has 0 saturated carbocycles. The van der Waals surface area contributed by atoms with Crippen molar-refractivity contribution in [1.82, 2.24) is 14.9 Å². The van der Waals surface area contributed by atoms with Crippen LogP contribution in [0.15, 0.2) is 6.33 Å². The molecule has 0 radical (unpaired) electrons. The summed E-state index contributed by atoms with van der Waals surface area (Å²) in [5.74, 6) is -0.266. The molecule has 1 heterocycles. The van der Waals surface area contributed by atoms with Crippen LogP contribution in [-0.2, 0) is 16.1 Å². The fourth-order valence-corrected chi connectivity index (χ4v) is 1.47. The highest BCUT2D eigenvalue weighted by molar-refractivity contribution is 5.76. The first kappa shape index (κ1) is 13.7. The van der Waals surface area contributed by atoms with Gasteiger partial charge in [-0.05, 0) is 6.92 Å². The minimum absolute atomic E-state index is 0.0234. The van der Waals surface area contributed by atoms with Gasteiger partial charge in [0.15, 0.2) is 11.4 Å². The Morgan fingerprint density at radius 1 is 1.61 bits per heavy atom. The van der Waals surface area contributed by atoms with E-state index in [0.717, 1.165) is 0 Å². The number of hydrogen-bond donors (Lipinski definition) is 1. The monoisotopic (exact) mass is 247 g/mol. The van der Waals surface area contributed by atoms with Gasteiger partial charge in [0.1, 0.15) is 18.7 Å². The molecule has 1 unspecified atom stereocenters. The van der Waals surface area contributed by atoms with E-state index in [4.69, 9.17) is 15.3 Å². The van der Waals surface area contributed by atoms with Gasteiger partial charge in [-0.15, -0.1) is 0 Å². The van der Waals surface area contributed by atoms with E-state index in [0.29, 0.717) is 6.61 Å². The van der Waals surface area contributed by atoms with Crippen LogP contribution in [-0.4, -0.2) is 35.2 Å². The lowest BCUT2D eigenvalue weighted by molar-refractivity contribution is -0.122. The highest BCUT2D eigenvalue weighted by Crippen LogP contribution is 2.04. The summed E-state index contributed by atoms with van der Waals surface area (Å²) in [6.45, 7) is 2.16. The van der Waals surface area contributed by atoms with Crippen molar-refractivity contribution in [3.8, 4) is 12.1 Å². The number of ether oxygens (including phenoxy) is 1. The summed E-state index contributed by atoms with van der Waals surface area (Å²) in [5, 5.41) is 20.3. The largest absolute Gasteiger partial charge is 0.383 e. The zero-order valence-electron chi connectivity index (χ0n) is 10.2. The number of hydrogen-bond acceptors (Lipinski definition) is 5. The van der Waals surface area contributed by atoms with E-state index in [-0.39, 0.29) is 29.9 Å². The van der Waals surface area contributed by atoms with Crippen LogP contribution in [0.25, 0.3) is 0 Å². The average molecular weight is 247 g/mol. The number of rotatable bonds is 5. The normalized spacial score (nSPS) is 11.3. The Morgan fingerprint density at radius 2 is 2.33 bits per heavy atom. The minimum Gasteiger partial charge on any atom is -0.383 e. The topological polar surface area (TPSA) is 104 Å². The molecule has 0 saturated heterocycles. The highest BCUT2D eigenvalue weighted by Gasteiger charge is 2.13. The number of nitriles is 2. The third-order valence-electron chi connectivity index (χ3n) is 2.19. The number of nitrogens with zero attached hydrogens (tertiary/aromatic N) is 4. The van der Waals surface area contributed by atoms with Crippen LogP contribution in [0, 0.1) is 22.7 Å². The van der Waals surface area contributed by atoms with Gasteiger partial charge < -0.3 is 14.6 Å². The van der Waals surface area contributed by atoms with E-state index in [1.165, 1.54) is 10.9 Å². The number of nitrogens with one attached hydrogen (secondary N) is 1. The van der Waals surface area contributed by atoms with Crippen molar-refractivity contribution in [2.45, 2.75) is 19.5 Å². The summed E-state index contributed by atoms with van der Waals surface area (Å²) in [4.78, 5) is 15.4. The van der Waals surface area contributed by atoms with Gasteiger partial charge in [0, 0.05) is 13.2 Å². The number of imidazole rings is 1. The Hall–Kier alpha value is -2.38. The third kappa shape index (κ3) is 3.30. The molecule has 1 rings (SSSR count). The van der Waals surface area contributed by atoms with Crippen molar-refractivity contribution in [2.24, 2.45) is 0 Å². The van der Waals surface area contributed by atoms with Gasteiger partial charge in [-0.2, -0.15) is 10.5 Å². The van der Waals surface area contributed by atoms with E-state index in [2.05, 4.69) is 10.3 Å². The predicted molar refractivity (Wildman–Crippen MR) is 61.1 cm³/mol. The second kappa shape index (κ2) is 6.38. The van der Waals surface area contributed by atoms with Gasteiger partial charge in [-0.25, -0.2) is 4.98 Å². The van der Waals surface area contributed by atoms with Gasteiger partial charge >= 0.3 is 0 Å². The molecule has 1 amide bonds. The fourth-order valence-electron chi connectivity index (χ4n) is 1.47. The van der Waals surface area contributed by atoms with Crippen LogP contribution in [0.5, 0.6) is 0 Å². The summed E-state index contributed by atoms with van der Waals surface area (Å²) < 4.78 is 6.23. The summed E-state index contributed by atoms with van der Waals surface area (Å²) in [6, 6.07) is 3.53. The first-order chi connectivity index (χ1) is 8.62. The van der Waals surface area contributed by atoms with E-state index in [9.17, 15) is 4.79 Å². The molecule has 0 aliphatic rings. The highest BCUT2D eigenvalue weighted by atomic mass is 16.5. The quantitative estimate of drug-likeness (QED) is 0.774. The van der Waals surface area contributed by atoms with Crippen LogP contribution in [0.2, 0.25) is 0 Å². The Kier molecular flexibility index (Phi) is 4.85. The van der Waals surface area contributed by atoms with Crippen LogP contribution in [0.3, 0.4) is 0 Å². The lowest BCUT2D eigenvalue weighted by Gasteiger charge is -2.12. The van der Waals surface area contributed by atoms with Crippen molar-refractivity contribution >= 4 is 5.91 Å². The molecule has 0 aliphatic heterocycles. The van der Waals surface area contributed by atoms with Crippen LogP contribution >= 0.6 is 0 Å². The molecular weight excluding hydrogens is 234 g/mol. The zero-order valence-corrected chi connectivity index (χ0v) is 10.2. The number of carbonyl (C=O) groups excluding carboxylic acids is 1. The molecule has 7 nitrogen and oxygen atoms in total. The Labute approximate surface area is 105 Å². The molecular formula is C11H13N5O2. The smallest absolute Gasteiger partial charge is 0.240 e. The maximum Gasteiger partial charge on any atom is 0.240 e. The van der Waals surface area contributed by atoms with Crippen molar-refractivity contribution in [3.63, 3.8) is 0 Å². The van der Waals surface area contributed by atoms with Crippen LogP contribution < -0.4 is 5.32 Å². The van der Waals surface area contributed by atoms with Gasteiger partial charge in [-0.3, -0.25) is 4.79 Å². The molecule has 0 bridgehead atoms. The predicted octanol–water partition coefficient (Wildman–Crippen LogP) is -0.222. The number of methoxy groups -OCH3 is 1. The molecule has 0 spiro atoms. The number of amides is 1. The fraction of sp³-hybridized carbons (Fsp3) is 0.455. The van der Waals surface area contributed by atoms with Gasteiger partial charge in [0.25, 0.3) is 0 Å². The van der Waals surface area contributed by atoms with E-state index < -0.39 is 0 Å². The van der Waals surface area contributed by atoms with Gasteiger partial charge in [-0.1, -0.05) is 0 Å². The lowest BCUT2D eigenvalue weighted by Crippen LogP contribution is -2.37. The molecule has 7 heteroatoms. The first-order valence-electron chi connectivity index (χ1n) is 5.26. The molecule has 0 fully saturated rings. The van der Waals surface area contributed by atoms with Crippen molar-refractivity contribution < 1.29 is 9.53 Å². The summed E-state index contributed by atoms with van der Waals surface area (Å²) >= 11 is 0. The number of aromatic nitrogens is 2. The van der Waals surface area contributed by atoms with Crippen LogP contribution in [0.1, 0.15) is 18.3 Å². The molecule has 1 N–H and O–H groups in total. The zero-order chi connectivity index (χ0) is 13.5. The van der Waals surface area contributed by atoms with Crippen LogP contribution in [0.4, 0.5) is 0 Å². The second-order valence-corrected chi connectivity index (χ2v) is 3.72. The molecule has 1 atom stereocenters. The maximum absolute atomic E-state index is 11.7. The summed E-state index contributed by atoms with van der Waals surface area (Å²) in [7, 11) is 1.55. The molecule has 18 heavy (non-hydrogen) atoms. The summed E-state index contributed by atoms with van der Waals surface area (Å²) in [5.41, 5.74) is 0.113. The summed E-state index contributed by atoms with van der Waals surface area (Å²) in [6.07, 6.45) is 1.30. The third-order valence-corrected chi connectivity index (χ3v) is 2.19. The van der Waals surface area contributed by atoms with Crippen molar-refractivity contribution in [2.75, 3.05) is 13.7 Å². The van der Waals surface area contributed by atoms with E-state index in [1.54, 1.807) is 20.1 Å². The van der Waals surface area contributed by atoms with Crippen molar-refractivity contribution in [3.05, 3.63) is 17.7 Å². The standard InChI is InChI=1S/C11H13N5O2/c1-8(6-18-2)15-11(17)5-16-7-14-9(3-12)10(16)4-13/h7-8H,5-6H2,1-2H3,(H,15,17). The SMILES string of the molecule is COCC(C)NC(=O)Cn1cnc(C#N)c1C#N. The maximum atomic E-state index is 11.7. The Bertz CT molecular complexity index is 508. The van der Waals surface area contributed by atoms with E-state index >= 15 is 0 Å².